The van der Waals surface area contributed by atoms with Gasteiger partial charge in [0, 0.05) is 13.1 Å². The summed E-state index contributed by atoms with van der Waals surface area (Å²) in [4.78, 5) is 14.7. The third kappa shape index (κ3) is 3.45. The Morgan fingerprint density at radius 2 is 2.18 bits per heavy atom. The molecule has 0 spiro atoms. The number of hydrogen-bond donors (Lipinski definition) is 0. The molecule has 118 valence electrons. The van der Waals surface area contributed by atoms with Gasteiger partial charge in [-0.1, -0.05) is 6.92 Å². The minimum absolute atomic E-state index is 0.0701. The molecule has 22 heavy (non-hydrogen) atoms. The number of amides is 1. The number of ether oxygens (including phenoxy) is 1. The largest absolute Gasteiger partial charge is 0.379 e. The molecule has 4 nitrogen and oxygen atoms in total. The lowest BCUT2D eigenvalue weighted by Gasteiger charge is -2.32. The Morgan fingerprint density at radius 1 is 1.45 bits per heavy atom. The van der Waals surface area contributed by atoms with Crippen LogP contribution >= 0.6 is 0 Å². The van der Waals surface area contributed by atoms with Gasteiger partial charge in [-0.05, 0) is 43.5 Å². The molecule has 1 saturated heterocycles. The van der Waals surface area contributed by atoms with Gasteiger partial charge in [0.15, 0.2) is 0 Å². The zero-order valence-corrected chi connectivity index (χ0v) is 13.2. The molecule has 1 unspecified atom stereocenters. The van der Waals surface area contributed by atoms with E-state index in [1.54, 1.807) is 24.8 Å². The number of rotatable bonds is 2. The van der Waals surface area contributed by atoms with Gasteiger partial charge in [0.2, 0.25) is 5.91 Å². The summed E-state index contributed by atoms with van der Waals surface area (Å²) in [5.41, 5.74) is -0.145. The summed E-state index contributed by atoms with van der Waals surface area (Å²) in [5, 5.41) is 8.98. The van der Waals surface area contributed by atoms with E-state index in [0.717, 1.165) is 0 Å². The third-order valence-electron chi connectivity index (χ3n) is 4.01. The highest BCUT2D eigenvalue weighted by Crippen LogP contribution is 2.28. The van der Waals surface area contributed by atoms with E-state index < -0.39 is 11.2 Å². The van der Waals surface area contributed by atoms with Crippen LogP contribution in [-0.4, -0.2) is 37.1 Å². The zero-order valence-electron chi connectivity index (χ0n) is 13.2. The summed E-state index contributed by atoms with van der Waals surface area (Å²) >= 11 is 0. The highest BCUT2D eigenvalue weighted by atomic mass is 19.1. The van der Waals surface area contributed by atoms with E-state index in [4.69, 9.17) is 10.00 Å². The maximum Gasteiger partial charge on any atom is 0.232 e. The average molecular weight is 304 g/mol. The number of halogens is 1. The lowest BCUT2D eigenvalue weighted by molar-refractivity contribution is -0.136. The van der Waals surface area contributed by atoms with Crippen molar-refractivity contribution in [3.63, 3.8) is 0 Å². The van der Waals surface area contributed by atoms with E-state index in [2.05, 4.69) is 0 Å². The second kappa shape index (κ2) is 6.45. The minimum atomic E-state index is -0.891. The van der Waals surface area contributed by atoms with Crippen molar-refractivity contribution in [2.75, 3.05) is 26.3 Å². The van der Waals surface area contributed by atoms with Gasteiger partial charge in [-0.3, -0.25) is 4.79 Å². The molecular formula is C17H21FN2O2. The summed E-state index contributed by atoms with van der Waals surface area (Å²) in [6.45, 7) is 7.88. The number of carbonyl (C=O) groups is 1. The molecule has 5 heteroatoms. The first-order valence-corrected chi connectivity index (χ1v) is 7.43. The summed E-state index contributed by atoms with van der Waals surface area (Å²) in [5.74, 6) is -0.300. The van der Waals surface area contributed by atoms with Gasteiger partial charge in [-0.25, -0.2) is 4.39 Å². The van der Waals surface area contributed by atoms with Gasteiger partial charge >= 0.3 is 0 Å². The van der Waals surface area contributed by atoms with Crippen LogP contribution in [0.1, 0.15) is 31.9 Å². The standard InChI is InChI=1S/C17H21FN2O2/c1-12-10-20(4-5-22-11-12)16(21)17(2,3)14-6-13(9-19)7-15(18)8-14/h6-8,12H,4-5,10-11H2,1-3H3. The van der Waals surface area contributed by atoms with Crippen LogP contribution < -0.4 is 0 Å². The molecular weight excluding hydrogens is 283 g/mol. The molecule has 0 aliphatic carbocycles. The highest BCUT2D eigenvalue weighted by Gasteiger charge is 2.35. The number of benzene rings is 1. The first-order chi connectivity index (χ1) is 10.3. The van der Waals surface area contributed by atoms with Crippen LogP contribution in [0, 0.1) is 23.1 Å². The normalized spacial score (nSPS) is 19.4. The fraction of sp³-hybridized carbons (Fsp3) is 0.529. The van der Waals surface area contributed by atoms with Crippen molar-refractivity contribution in [3.05, 3.63) is 35.1 Å². The van der Waals surface area contributed by atoms with Crippen molar-refractivity contribution in [1.82, 2.24) is 4.90 Å². The topological polar surface area (TPSA) is 53.3 Å². The molecule has 0 radical (unpaired) electrons. The predicted molar refractivity (Wildman–Crippen MR) is 80.7 cm³/mol. The zero-order chi connectivity index (χ0) is 16.3. The minimum Gasteiger partial charge on any atom is -0.379 e. The Bertz CT molecular complexity index is 607. The molecule has 1 aromatic rings. The Morgan fingerprint density at radius 3 is 2.86 bits per heavy atom. The molecule has 1 aromatic carbocycles. The van der Waals surface area contributed by atoms with Crippen molar-refractivity contribution in [2.45, 2.75) is 26.2 Å². The van der Waals surface area contributed by atoms with E-state index in [0.29, 0.717) is 31.9 Å². The SMILES string of the molecule is CC1COCCN(C(=O)C(C)(C)c2cc(F)cc(C#N)c2)C1. The lowest BCUT2D eigenvalue weighted by atomic mass is 9.82. The number of carbonyl (C=O) groups excluding carboxylic acids is 1. The Labute approximate surface area is 130 Å². The van der Waals surface area contributed by atoms with Crippen LogP contribution in [0.2, 0.25) is 0 Å². The van der Waals surface area contributed by atoms with Crippen LogP contribution in [0.25, 0.3) is 0 Å². The van der Waals surface area contributed by atoms with Gasteiger partial charge in [0.25, 0.3) is 0 Å². The van der Waals surface area contributed by atoms with Crippen molar-refractivity contribution >= 4 is 5.91 Å². The van der Waals surface area contributed by atoms with Gasteiger partial charge in [-0.2, -0.15) is 5.26 Å². The number of nitriles is 1. The number of hydrogen-bond acceptors (Lipinski definition) is 3. The second-order valence-electron chi connectivity index (χ2n) is 6.40. The highest BCUT2D eigenvalue weighted by molar-refractivity contribution is 5.87. The van der Waals surface area contributed by atoms with Gasteiger partial charge in [0.1, 0.15) is 5.82 Å². The predicted octanol–water partition coefficient (Wildman–Crippen LogP) is 2.47. The maximum atomic E-state index is 13.7. The van der Waals surface area contributed by atoms with Crippen LogP contribution in [0.4, 0.5) is 4.39 Å². The maximum absolute atomic E-state index is 13.7. The first-order valence-electron chi connectivity index (χ1n) is 7.43. The second-order valence-corrected chi connectivity index (χ2v) is 6.40. The van der Waals surface area contributed by atoms with E-state index in [1.807, 2.05) is 13.0 Å². The third-order valence-corrected chi connectivity index (χ3v) is 4.01. The Hall–Kier alpha value is -1.93. The molecule has 0 bridgehead atoms. The molecule has 1 heterocycles. The van der Waals surface area contributed by atoms with E-state index >= 15 is 0 Å². The quantitative estimate of drug-likeness (QED) is 0.843. The monoisotopic (exact) mass is 304 g/mol. The Kier molecular flexibility index (Phi) is 4.82. The lowest BCUT2D eigenvalue weighted by Crippen LogP contribution is -2.45. The summed E-state index contributed by atoms with van der Waals surface area (Å²) < 4.78 is 19.1. The molecule has 2 rings (SSSR count). The molecule has 1 aliphatic heterocycles. The molecule has 1 atom stereocenters. The van der Waals surface area contributed by atoms with Crippen LogP contribution in [0.3, 0.4) is 0 Å². The fourth-order valence-electron chi connectivity index (χ4n) is 2.70. The molecule has 1 aliphatic rings. The molecule has 0 saturated carbocycles. The van der Waals surface area contributed by atoms with Crippen LogP contribution in [-0.2, 0) is 14.9 Å². The van der Waals surface area contributed by atoms with Gasteiger partial charge in [0.05, 0.1) is 30.3 Å². The van der Waals surface area contributed by atoms with Crippen molar-refractivity contribution < 1.29 is 13.9 Å². The van der Waals surface area contributed by atoms with Crippen molar-refractivity contribution in [3.8, 4) is 6.07 Å². The summed E-state index contributed by atoms with van der Waals surface area (Å²) in [6.07, 6.45) is 0. The summed E-state index contributed by atoms with van der Waals surface area (Å²) in [7, 11) is 0. The van der Waals surface area contributed by atoms with Crippen molar-refractivity contribution in [1.29, 1.82) is 5.26 Å². The van der Waals surface area contributed by atoms with Crippen LogP contribution in [0.15, 0.2) is 18.2 Å². The van der Waals surface area contributed by atoms with E-state index in [-0.39, 0.29) is 17.4 Å². The van der Waals surface area contributed by atoms with E-state index in [1.165, 1.54) is 12.1 Å². The molecule has 1 amide bonds. The van der Waals surface area contributed by atoms with Gasteiger partial charge < -0.3 is 9.64 Å². The number of nitrogens with zero attached hydrogens (tertiary/aromatic N) is 2. The summed E-state index contributed by atoms with van der Waals surface area (Å²) in [6, 6.07) is 6.02. The van der Waals surface area contributed by atoms with Crippen molar-refractivity contribution in [2.24, 2.45) is 5.92 Å². The van der Waals surface area contributed by atoms with Crippen LogP contribution in [0.5, 0.6) is 0 Å². The Balaban J connectivity index is 2.30. The fourth-order valence-corrected chi connectivity index (χ4v) is 2.70. The van der Waals surface area contributed by atoms with E-state index in [9.17, 15) is 9.18 Å². The molecule has 0 N–H and O–H groups in total. The average Bonchev–Trinajstić information content (AvgIpc) is 2.70. The molecule has 0 aromatic heterocycles. The smallest absolute Gasteiger partial charge is 0.232 e. The van der Waals surface area contributed by atoms with Gasteiger partial charge in [-0.15, -0.1) is 0 Å². The first kappa shape index (κ1) is 16.4. The molecule has 1 fully saturated rings.